The highest BCUT2D eigenvalue weighted by atomic mass is 35.5. The average Bonchev–Trinajstić information content (AvgIpc) is 2.38. The van der Waals surface area contributed by atoms with Crippen molar-refractivity contribution in [1.29, 1.82) is 0 Å². The van der Waals surface area contributed by atoms with Crippen molar-refractivity contribution in [3.63, 3.8) is 0 Å². The largest absolute Gasteiger partial charge is 0.381 e. The predicted molar refractivity (Wildman–Crippen MR) is 75.7 cm³/mol. The van der Waals surface area contributed by atoms with E-state index < -0.39 is 6.04 Å². The van der Waals surface area contributed by atoms with E-state index in [0.717, 1.165) is 12.8 Å². The number of ether oxygens (including phenoxy) is 1. The van der Waals surface area contributed by atoms with E-state index in [9.17, 15) is 4.79 Å². The third-order valence-electron chi connectivity index (χ3n) is 3.07. The Kier molecular flexibility index (Phi) is 8.71. The zero-order chi connectivity index (χ0) is 12.7. The first kappa shape index (κ1) is 17.2. The molecule has 0 saturated carbocycles. The van der Waals surface area contributed by atoms with Crippen LogP contribution in [0.4, 0.5) is 0 Å². The normalized spacial score (nSPS) is 17.4. The fourth-order valence-electron chi connectivity index (χ4n) is 2.05. The highest BCUT2D eigenvalue weighted by Crippen LogP contribution is 2.18. The third kappa shape index (κ3) is 4.80. The van der Waals surface area contributed by atoms with Gasteiger partial charge in [-0.25, -0.2) is 0 Å². The van der Waals surface area contributed by atoms with Crippen LogP contribution in [-0.4, -0.2) is 43.2 Å². The summed E-state index contributed by atoms with van der Waals surface area (Å²) in [6.07, 6.45) is 5.14. The molecular weight excluding hydrogens is 252 g/mol. The number of hydrogen-bond donors (Lipinski definition) is 1. The van der Waals surface area contributed by atoms with E-state index in [4.69, 9.17) is 10.5 Å². The highest BCUT2D eigenvalue weighted by Gasteiger charge is 2.29. The summed E-state index contributed by atoms with van der Waals surface area (Å²) >= 11 is 0. The van der Waals surface area contributed by atoms with E-state index >= 15 is 0 Å². The van der Waals surface area contributed by atoms with Gasteiger partial charge in [0.25, 0.3) is 0 Å². The molecule has 2 N–H and O–H groups in total. The maximum absolute atomic E-state index is 12.2. The van der Waals surface area contributed by atoms with Crippen LogP contribution in [0, 0.1) is 5.92 Å². The molecule has 0 aliphatic carbocycles. The lowest BCUT2D eigenvalue weighted by Gasteiger charge is -2.30. The Morgan fingerprint density at radius 1 is 1.33 bits per heavy atom. The van der Waals surface area contributed by atoms with Gasteiger partial charge in [0.15, 0.2) is 0 Å². The molecule has 0 spiro atoms. The van der Waals surface area contributed by atoms with Crippen molar-refractivity contribution in [1.82, 2.24) is 4.90 Å². The van der Waals surface area contributed by atoms with E-state index in [1.807, 2.05) is 0 Å². The Bertz CT molecular complexity index is 268. The molecule has 1 heterocycles. The van der Waals surface area contributed by atoms with Crippen molar-refractivity contribution in [2.24, 2.45) is 11.7 Å². The zero-order valence-electron chi connectivity index (χ0n) is 10.7. The summed E-state index contributed by atoms with van der Waals surface area (Å²) < 4.78 is 5.27. The van der Waals surface area contributed by atoms with Crippen LogP contribution in [0.2, 0.25) is 0 Å². The first-order valence-corrected chi connectivity index (χ1v) is 6.04. The van der Waals surface area contributed by atoms with Gasteiger partial charge in [-0.3, -0.25) is 4.79 Å². The lowest BCUT2D eigenvalue weighted by molar-refractivity contribution is -0.133. The highest BCUT2D eigenvalue weighted by molar-refractivity contribution is 5.85. The fourth-order valence-corrected chi connectivity index (χ4v) is 2.05. The minimum absolute atomic E-state index is 0. The number of rotatable bonds is 6. The summed E-state index contributed by atoms with van der Waals surface area (Å²) in [5.74, 6) is 0.213. The number of amides is 1. The summed E-state index contributed by atoms with van der Waals surface area (Å²) in [4.78, 5) is 13.9. The molecule has 1 atom stereocenters. The summed E-state index contributed by atoms with van der Waals surface area (Å²) in [5.41, 5.74) is 6.04. The van der Waals surface area contributed by atoms with Crippen molar-refractivity contribution >= 4 is 18.3 Å². The summed E-state index contributed by atoms with van der Waals surface area (Å²) in [5, 5.41) is 0. The van der Waals surface area contributed by atoms with E-state index in [2.05, 4.69) is 13.2 Å². The molecule has 0 radical (unpaired) electrons. The maximum Gasteiger partial charge on any atom is 0.240 e. The zero-order valence-corrected chi connectivity index (χ0v) is 11.5. The monoisotopic (exact) mass is 274 g/mol. The molecule has 1 aliphatic heterocycles. The Balaban J connectivity index is 0.00000289. The van der Waals surface area contributed by atoms with Crippen LogP contribution in [0.15, 0.2) is 25.3 Å². The quantitative estimate of drug-likeness (QED) is 0.744. The number of nitrogens with zero attached hydrogens (tertiary/aromatic N) is 1. The molecule has 1 fully saturated rings. The van der Waals surface area contributed by atoms with Gasteiger partial charge in [-0.05, 0) is 18.8 Å². The van der Waals surface area contributed by atoms with Crippen LogP contribution in [0.1, 0.15) is 12.8 Å². The predicted octanol–water partition coefficient (Wildman–Crippen LogP) is 1.36. The molecule has 0 aromatic carbocycles. The molecular formula is C13H23ClN2O2. The number of carbonyl (C=O) groups excluding carboxylic acids is 1. The molecule has 4 nitrogen and oxygen atoms in total. The van der Waals surface area contributed by atoms with Gasteiger partial charge >= 0.3 is 0 Å². The molecule has 1 saturated heterocycles. The van der Waals surface area contributed by atoms with Gasteiger partial charge in [-0.2, -0.15) is 0 Å². The van der Waals surface area contributed by atoms with Crippen LogP contribution in [-0.2, 0) is 9.53 Å². The van der Waals surface area contributed by atoms with Gasteiger partial charge in [0.1, 0.15) is 0 Å². The molecule has 1 unspecified atom stereocenters. The van der Waals surface area contributed by atoms with Crippen molar-refractivity contribution in [2.45, 2.75) is 18.9 Å². The van der Waals surface area contributed by atoms with E-state index in [1.54, 1.807) is 17.1 Å². The molecule has 18 heavy (non-hydrogen) atoms. The topological polar surface area (TPSA) is 55.6 Å². The van der Waals surface area contributed by atoms with Crippen LogP contribution in [0.3, 0.4) is 0 Å². The van der Waals surface area contributed by atoms with Crippen molar-refractivity contribution < 1.29 is 9.53 Å². The molecule has 1 amide bonds. The van der Waals surface area contributed by atoms with Crippen LogP contribution < -0.4 is 5.73 Å². The Hall–Kier alpha value is -0.840. The lowest BCUT2D eigenvalue weighted by Crippen LogP contribution is -2.49. The smallest absolute Gasteiger partial charge is 0.240 e. The Morgan fingerprint density at radius 2 is 1.83 bits per heavy atom. The number of hydrogen-bond acceptors (Lipinski definition) is 3. The van der Waals surface area contributed by atoms with E-state index in [1.165, 1.54) is 0 Å². The molecule has 0 bridgehead atoms. The van der Waals surface area contributed by atoms with Crippen LogP contribution in [0.5, 0.6) is 0 Å². The average molecular weight is 275 g/mol. The van der Waals surface area contributed by atoms with Crippen molar-refractivity contribution in [3.8, 4) is 0 Å². The number of halogens is 1. The maximum atomic E-state index is 12.2. The number of carbonyl (C=O) groups is 1. The molecule has 1 rings (SSSR count). The number of nitrogens with two attached hydrogens (primary N) is 1. The van der Waals surface area contributed by atoms with Crippen LogP contribution in [0.25, 0.3) is 0 Å². The lowest BCUT2D eigenvalue weighted by atomic mass is 9.91. The van der Waals surface area contributed by atoms with Crippen molar-refractivity contribution in [2.75, 3.05) is 26.3 Å². The molecule has 1 aliphatic rings. The molecule has 104 valence electrons. The van der Waals surface area contributed by atoms with Crippen LogP contribution >= 0.6 is 12.4 Å². The van der Waals surface area contributed by atoms with Crippen molar-refractivity contribution in [3.05, 3.63) is 25.3 Å². The van der Waals surface area contributed by atoms with E-state index in [0.29, 0.717) is 26.3 Å². The van der Waals surface area contributed by atoms with Gasteiger partial charge in [0, 0.05) is 26.3 Å². The summed E-state index contributed by atoms with van der Waals surface area (Å²) in [6.45, 7) is 9.73. The van der Waals surface area contributed by atoms with Gasteiger partial charge in [0.2, 0.25) is 5.91 Å². The second kappa shape index (κ2) is 9.14. The third-order valence-corrected chi connectivity index (χ3v) is 3.07. The Labute approximate surface area is 115 Å². The molecule has 0 aromatic heterocycles. The Morgan fingerprint density at radius 3 is 2.28 bits per heavy atom. The van der Waals surface area contributed by atoms with Gasteiger partial charge < -0.3 is 15.4 Å². The first-order chi connectivity index (χ1) is 8.20. The minimum atomic E-state index is -0.432. The molecule has 0 aromatic rings. The van der Waals surface area contributed by atoms with Gasteiger partial charge in [-0.1, -0.05) is 12.2 Å². The molecule has 5 heteroatoms. The SMILES string of the molecule is C=CCN(CC=C)C(=O)C(N)C1CCOCC1.Cl. The fraction of sp³-hybridized carbons (Fsp3) is 0.615. The standard InChI is InChI=1S/C13H22N2O2.ClH/c1-3-7-15(8-4-2)13(16)12(14)11-5-9-17-10-6-11;/h3-4,11-12H,1-2,5-10,14H2;1H. The second-order valence-electron chi connectivity index (χ2n) is 4.30. The van der Waals surface area contributed by atoms with Gasteiger partial charge in [0.05, 0.1) is 6.04 Å². The van der Waals surface area contributed by atoms with Gasteiger partial charge in [-0.15, -0.1) is 25.6 Å². The van der Waals surface area contributed by atoms with E-state index in [-0.39, 0.29) is 24.2 Å². The summed E-state index contributed by atoms with van der Waals surface area (Å²) in [7, 11) is 0. The summed E-state index contributed by atoms with van der Waals surface area (Å²) in [6, 6.07) is -0.432. The second-order valence-corrected chi connectivity index (χ2v) is 4.30. The minimum Gasteiger partial charge on any atom is -0.381 e. The first-order valence-electron chi connectivity index (χ1n) is 6.04.